The second-order valence-corrected chi connectivity index (χ2v) is 9.44. The summed E-state index contributed by atoms with van der Waals surface area (Å²) in [5, 5.41) is 22.5. The minimum Gasteiger partial charge on any atom is -0.507 e. The number of aliphatic hydroxyl groups excluding tert-OH is 1. The maximum absolute atomic E-state index is 13.3. The van der Waals surface area contributed by atoms with Crippen molar-refractivity contribution in [2.24, 2.45) is 0 Å². The molecule has 0 spiro atoms. The van der Waals surface area contributed by atoms with Crippen LogP contribution in [0.1, 0.15) is 33.9 Å². The number of nitro benzene ring substituents is 1. The molecule has 1 aromatic heterocycles. The number of Topliss-reactive ketones (excluding diaryl/α,β-unsaturated/α-hetero) is 1. The molecule has 0 radical (unpaired) electrons. The molecule has 1 N–H and O–H groups in total. The molecule has 1 atom stereocenters. The molecular formula is C31H25N3O6. The fourth-order valence-electron chi connectivity index (χ4n) is 4.69. The van der Waals surface area contributed by atoms with Gasteiger partial charge < -0.3 is 14.7 Å². The smallest absolute Gasteiger partial charge is 0.295 e. The molecule has 4 aromatic rings. The van der Waals surface area contributed by atoms with Crippen LogP contribution >= 0.6 is 0 Å². The number of aliphatic hydroxyl groups is 1. The minimum absolute atomic E-state index is 0.0581. The van der Waals surface area contributed by atoms with Gasteiger partial charge in [-0.2, -0.15) is 0 Å². The van der Waals surface area contributed by atoms with E-state index in [0.29, 0.717) is 29.0 Å². The predicted molar refractivity (Wildman–Crippen MR) is 147 cm³/mol. The number of carbonyl (C=O) groups excluding carboxylic acids is 2. The van der Waals surface area contributed by atoms with Crippen molar-refractivity contribution >= 4 is 23.1 Å². The van der Waals surface area contributed by atoms with Gasteiger partial charge in [0.2, 0.25) is 0 Å². The topological polar surface area (TPSA) is 123 Å². The first-order valence-corrected chi connectivity index (χ1v) is 12.5. The summed E-state index contributed by atoms with van der Waals surface area (Å²) >= 11 is 0. The van der Waals surface area contributed by atoms with Crippen molar-refractivity contribution in [3.8, 4) is 5.75 Å². The van der Waals surface area contributed by atoms with Gasteiger partial charge in [0.1, 0.15) is 18.1 Å². The Hall–Kier alpha value is -5.31. The standard InChI is InChI=1S/C31H25N3O6/c1-20-4-2-5-21(16-20)19-40-26-13-9-24(10-14-26)29(35)27-28(23-7-11-25(12-8-23)34(38)39)33(31(37)30(27)36)18-22-6-3-15-32-17-22/h2-17,28,35H,18-19H2,1H3. The molecule has 0 bridgehead atoms. The summed E-state index contributed by atoms with van der Waals surface area (Å²) in [7, 11) is 0. The molecular weight excluding hydrogens is 510 g/mol. The minimum atomic E-state index is -0.960. The van der Waals surface area contributed by atoms with Gasteiger partial charge in [0.15, 0.2) is 0 Å². The van der Waals surface area contributed by atoms with E-state index in [4.69, 9.17) is 4.74 Å². The molecule has 2 heterocycles. The second kappa shape index (κ2) is 11.2. The number of pyridine rings is 1. The summed E-state index contributed by atoms with van der Waals surface area (Å²) in [6.45, 7) is 2.43. The highest BCUT2D eigenvalue weighted by atomic mass is 16.6. The van der Waals surface area contributed by atoms with E-state index in [1.54, 1.807) is 48.8 Å². The number of amides is 1. The second-order valence-electron chi connectivity index (χ2n) is 9.44. The lowest BCUT2D eigenvalue weighted by Crippen LogP contribution is -2.29. The number of hydrogen-bond acceptors (Lipinski definition) is 7. The van der Waals surface area contributed by atoms with Crippen molar-refractivity contribution in [2.75, 3.05) is 0 Å². The quantitative estimate of drug-likeness (QED) is 0.104. The third-order valence-electron chi connectivity index (χ3n) is 6.65. The molecule has 9 nitrogen and oxygen atoms in total. The first-order chi connectivity index (χ1) is 19.3. The number of carbonyl (C=O) groups is 2. The number of ketones is 1. The Morgan fingerprint density at radius 2 is 1.73 bits per heavy atom. The highest BCUT2D eigenvalue weighted by Gasteiger charge is 2.46. The third-order valence-corrected chi connectivity index (χ3v) is 6.65. The first kappa shape index (κ1) is 26.3. The fraction of sp³-hybridized carbons (Fsp3) is 0.129. The molecule has 1 unspecified atom stereocenters. The first-order valence-electron chi connectivity index (χ1n) is 12.5. The van der Waals surface area contributed by atoms with E-state index < -0.39 is 22.7 Å². The van der Waals surface area contributed by atoms with Crippen LogP contribution in [0.3, 0.4) is 0 Å². The van der Waals surface area contributed by atoms with Crippen molar-refractivity contribution in [3.05, 3.63) is 141 Å². The lowest BCUT2D eigenvalue weighted by molar-refractivity contribution is -0.384. The van der Waals surface area contributed by atoms with E-state index in [1.165, 1.54) is 29.2 Å². The summed E-state index contributed by atoms with van der Waals surface area (Å²) in [4.78, 5) is 42.5. The molecule has 1 saturated heterocycles. The van der Waals surface area contributed by atoms with Gasteiger partial charge in [-0.15, -0.1) is 0 Å². The summed E-state index contributed by atoms with van der Waals surface area (Å²) < 4.78 is 5.86. The monoisotopic (exact) mass is 535 g/mol. The number of benzene rings is 3. The van der Waals surface area contributed by atoms with Crippen LogP contribution in [-0.4, -0.2) is 31.6 Å². The van der Waals surface area contributed by atoms with Crippen LogP contribution in [0.2, 0.25) is 0 Å². The van der Waals surface area contributed by atoms with E-state index in [9.17, 15) is 24.8 Å². The van der Waals surface area contributed by atoms with Crippen LogP contribution in [0, 0.1) is 17.0 Å². The van der Waals surface area contributed by atoms with Gasteiger partial charge in [0.05, 0.1) is 16.5 Å². The summed E-state index contributed by atoms with van der Waals surface area (Å²) in [5.41, 5.74) is 3.38. The lowest BCUT2D eigenvalue weighted by atomic mass is 9.95. The number of non-ortho nitro benzene ring substituents is 1. The molecule has 5 rings (SSSR count). The van der Waals surface area contributed by atoms with Crippen molar-refractivity contribution in [3.63, 3.8) is 0 Å². The zero-order chi connectivity index (χ0) is 28.2. The predicted octanol–water partition coefficient (Wildman–Crippen LogP) is 5.50. The van der Waals surface area contributed by atoms with E-state index in [2.05, 4.69) is 4.98 Å². The number of aromatic nitrogens is 1. The number of rotatable bonds is 8. The van der Waals surface area contributed by atoms with Gasteiger partial charge in [-0.05, 0) is 66.1 Å². The van der Waals surface area contributed by atoms with E-state index in [1.807, 2.05) is 31.2 Å². The normalized spacial score (nSPS) is 16.2. The maximum Gasteiger partial charge on any atom is 0.295 e. The Balaban J connectivity index is 1.48. The van der Waals surface area contributed by atoms with Crippen LogP contribution in [0.15, 0.2) is 103 Å². The number of likely N-dealkylation sites (tertiary alicyclic amines) is 1. The average Bonchev–Trinajstić information content (AvgIpc) is 3.21. The molecule has 1 amide bonds. The Labute approximate surface area is 230 Å². The number of nitrogens with zero attached hydrogens (tertiary/aromatic N) is 3. The molecule has 9 heteroatoms. The summed E-state index contributed by atoms with van der Waals surface area (Å²) in [5.74, 6) is -1.40. The Kier molecular flexibility index (Phi) is 7.37. The van der Waals surface area contributed by atoms with Gasteiger partial charge in [0.25, 0.3) is 17.4 Å². The number of ether oxygens (including phenoxy) is 1. The summed E-state index contributed by atoms with van der Waals surface area (Å²) in [6.07, 6.45) is 3.18. The molecule has 40 heavy (non-hydrogen) atoms. The van der Waals surface area contributed by atoms with Crippen LogP contribution in [0.4, 0.5) is 5.69 Å². The lowest BCUT2D eigenvalue weighted by Gasteiger charge is -2.25. The zero-order valence-electron chi connectivity index (χ0n) is 21.6. The SMILES string of the molecule is Cc1cccc(COc2ccc(C(O)=C3C(=O)C(=O)N(Cc4cccnc4)C3c3ccc([N+](=O)[O-])cc3)cc2)c1. The van der Waals surface area contributed by atoms with Gasteiger partial charge in [-0.1, -0.05) is 35.9 Å². The molecule has 1 aliphatic heterocycles. The molecule has 1 aliphatic rings. The van der Waals surface area contributed by atoms with Crippen LogP contribution in [0.25, 0.3) is 5.76 Å². The van der Waals surface area contributed by atoms with Gasteiger partial charge >= 0.3 is 0 Å². The highest BCUT2D eigenvalue weighted by Crippen LogP contribution is 2.40. The zero-order valence-corrected chi connectivity index (χ0v) is 21.6. The summed E-state index contributed by atoms with van der Waals surface area (Å²) in [6, 6.07) is 22.7. The maximum atomic E-state index is 13.3. The van der Waals surface area contributed by atoms with Gasteiger partial charge in [-0.25, -0.2) is 0 Å². The fourth-order valence-corrected chi connectivity index (χ4v) is 4.69. The van der Waals surface area contributed by atoms with E-state index in [0.717, 1.165) is 11.1 Å². The van der Waals surface area contributed by atoms with Crippen molar-refractivity contribution < 1.29 is 24.4 Å². The molecule has 3 aromatic carbocycles. The molecule has 1 fully saturated rings. The van der Waals surface area contributed by atoms with Gasteiger partial charge in [0, 0.05) is 36.6 Å². The van der Waals surface area contributed by atoms with Crippen LogP contribution in [-0.2, 0) is 22.7 Å². The van der Waals surface area contributed by atoms with E-state index >= 15 is 0 Å². The van der Waals surface area contributed by atoms with Crippen LogP contribution < -0.4 is 4.74 Å². The third kappa shape index (κ3) is 5.44. The number of aryl methyl sites for hydroxylation is 1. The Morgan fingerprint density at radius 1 is 1.00 bits per heavy atom. The molecule has 0 saturated carbocycles. The van der Waals surface area contributed by atoms with Crippen molar-refractivity contribution in [1.29, 1.82) is 0 Å². The number of hydrogen-bond donors (Lipinski definition) is 1. The van der Waals surface area contributed by atoms with E-state index in [-0.39, 0.29) is 23.6 Å². The number of nitro groups is 1. The molecule has 200 valence electrons. The Bertz CT molecular complexity index is 1600. The van der Waals surface area contributed by atoms with Gasteiger partial charge in [-0.3, -0.25) is 24.7 Å². The largest absolute Gasteiger partial charge is 0.507 e. The van der Waals surface area contributed by atoms with Crippen molar-refractivity contribution in [1.82, 2.24) is 9.88 Å². The van der Waals surface area contributed by atoms with Crippen molar-refractivity contribution in [2.45, 2.75) is 26.1 Å². The molecule has 0 aliphatic carbocycles. The Morgan fingerprint density at radius 3 is 2.38 bits per heavy atom. The average molecular weight is 536 g/mol. The van der Waals surface area contributed by atoms with Crippen LogP contribution in [0.5, 0.6) is 5.75 Å². The highest BCUT2D eigenvalue weighted by molar-refractivity contribution is 6.46.